The summed E-state index contributed by atoms with van der Waals surface area (Å²) in [6.07, 6.45) is 7.15. The summed E-state index contributed by atoms with van der Waals surface area (Å²) in [4.78, 5) is 2.35. The van der Waals surface area contributed by atoms with E-state index in [1.807, 2.05) is 6.92 Å². The molecule has 5 aromatic carbocycles. The van der Waals surface area contributed by atoms with E-state index in [0.717, 1.165) is 29.1 Å². The minimum atomic E-state index is 0.598. The first kappa shape index (κ1) is 25.7. The Morgan fingerprint density at radius 3 is 1.85 bits per heavy atom. The van der Waals surface area contributed by atoms with Crippen LogP contribution >= 0.6 is 0 Å². The molecule has 6 rings (SSSR count). The Morgan fingerprint density at radius 1 is 0.625 bits per heavy atom. The largest absolute Gasteiger partial charge is 0.493 e. The van der Waals surface area contributed by atoms with Crippen LogP contribution in [0.5, 0.6) is 5.75 Å². The lowest BCUT2D eigenvalue weighted by Crippen LogP contribution is -2.12. The fourth-order valence-electron chi connectivity index (χ4n) is 5.67. The summed E-state index contributed by atoms with van der Waals surface area (Å²) >= 11 is 0. The van der Waals surface area contributed by atoms with Crippen molar-refractivity contribution >= 4 is 28.7 Å². The third-order valence-corrected chi connectivity index (χ3v) is 7.63. The zero-order chi connectivity index (χ0) is 27.1. The van der Waals surface area contributed by atoms with Crippen LogP contribution in [0.2, 0.25) is 0 Å². The molecule has 0 aromatic heterocycles. The molecule has 0 bridgehead atoms. The maximum Gasteiger partial charge on any atom is 0.128 e. The highest BCUT2D eigenvalue weighted by Crippen LogP contribution is 2.40. The number of anilines is 3. The van der Waals surface area contributed by atoms with Gasteiger partial charge in [-0.3, -0.25) is 0 Å². The molecule has 2 nitrogen and oxygen atoms in total. The number of hydrogen-bond acceptors (Lipinski definition) is 2. The molecule has 0 atom stereocenters. The predicted molar refractivity (Wildman–Crippen MR) is 169 cm³/mol. The summed E-state index contributed by atoms with van der Waals surface area (Å²) < 4.78 is 6.29. The van der Waals surface area contributed by atoms with Crippen molar-refractivity contribution in [2.75, 3.05) is 11.5 Å². The van der Waals surface area contributed by atoms with Gasteiger partial charge in [-0.2, -0.15) is 0 Å². The van der Waals surface area contributed by atoms with E-state index in [-0.39, 0.29) is 0 Å². The van der Waals surface area contributed by atoms with Crippen LogP contribution in [0.15, 0.2) is 127 Å². The van der Waals surface area contributed by atoms with E-state index < -0.39 is 0 Å². The van der Waals surface area contributed by atoms with Crippen molar-refractivity contribution < 1.29 is 4.74 Å². The molecule has 5 aromatic rings. The third-order valence-electron chi connectivity index (χ3n) is 7.63. The lowest BCUT2D eigenvalue weighted by molar-refractivity contribution is 0.339. The fourth-order valence-corrected chi connectivity index (χ4v) is 5.67. The number of ether oxygens (including phenoxy) is 1. The van der Waals surface area contributed by atoms with E-state index in [1.54, 1.807) is 0 Å². The molecule has 0 aliphatic heterocycles. The summed E-state index contributed by atoms with van der Waals surface area (Å²) in [5.74, 6) is 0.878. The lowest BCUT2D eigenvalue weighted by Gasteiger charge is -2.28. The molecular weight excluding hydrogens is 486 g/mol. The topological polar surface area (TPSA) is 12.5 Å². The van der Waals surface area contributed by atoms with E-state index in [9.17, 15) is 0 Å². The molecule has 198 valence electrons. The Balaban J connectivity index is 1.47. The highest BCUT2D eigenvalue weighted by molar-refractivity contribution is 5.93. The van der Waals surface area contributed by atoms with Crippen LogP contribution < -0.4 is 9.64 Å². The maximum atomic E-state index is 6.29. The Morgan fingerprint density at radius 2 is 1.20 bits per heavy atom. The number of hydrogen-bond donors (Lipinski definition) is 0. The van der Waals surface area contributed by atoms with Gasteiger partial charge in [-0.15, -0.1) is 0 Å². The predicted octanol–water partition coefficient (Wildman–Crippen LogP) is 10.0. The van der Waals surface area contributed by atoms with Crippen molar-refractivity contribution in [3.05, 3.63) is 155 Å². The highest BCUT2D eigenvalue weighted by Gasteiger charge is 2.18. The molecule has 0 fully saturated rings. The van der Waals surface area contributed by atoms with Gasteiger partial charge in [0.05, 0.1) is 6.61 Å². The summed E-state index contributed by atoms with van der Waals surface area (Å²) in [7, 11) is 0. The summed E-state index contributed by atoms with van der Waals surface area (Å²) in [5, 5.41) is 0. The summed E-state index contributed by atoms with van der Waals surface area (Å²) in [6, 6.07) is 45.4. The Hall–Kier alpha value is -4.56. The van der Waals surface area contributed by atoms with Crippen LogP contribution in [0.1, 0.15) is 47.6 Å². The molecule has 0 amide bonds. The molecule has 0 saturated heterocycles. The molecular formula is C38H35NO. The zero-order valence-electron chi connectivity index (χ0n) is 23.1. The van der Waals surface area contributed by atoms with Crippen molar-refractivity contribution in [2.45, 2.75) is 32.6 Å². The zero-order valence-corrected chi connectivity index (χ0v) is 23.1. The van der Waals surface area contributed by atoms with Crippen LogP contribution in [0.4, 0.5) is 17.1 Å². The number of para-hydroxylation sites is 1. The van der Waals surface area contributed by atoms with Gasteiger partial charge in [0, 0.05) is 28.7 Å². The van der Waals surface area contributed by atoms with E-state index >= 15 is 0 Å². The van der Waals surface area contributed by atoms with Crippen molar-refractivity contribution in [1.29, 1.82) is 0 Å². The SMILES string of the molecule is CCOc1cc(N(c2ccccc2)c2ccc3c(c2)CCCC3)ccc1C=C(c1ccccc1)c1ccccc1. The lowest BCUT2D eigenvalue weighted by atomic mass is 9.91. The maximum absolute atomic E-state index is 6.29. The molecule has 1 aliphatic rings. The monoisotopic (exact) mass is 521 g/mol. The molecule has 1 aliphatic carbocycles. The van der Waals surface area contributed by atoms with E-state index in [4.69, 9.17) is 4.74 Å². The molecule has 0 radical (unpaired) electrons. The molecule has 0 heterocycles. The van der Waals surface area contributed by atoms with Gasteiger partial charge >= 0.3 is 0 Å². The van der Waals surface area contributed by atoms with Gasteiger partial charge in [-0.1, -0.05) is 84.9 Å². The first-order valence-electron chi connectivity index (χ1n) is 14.4. The van der Waals surface area contributed by atoms with Gasteiger partial charge < -0.3 is 9.64 Å². The van der Waals surface area contributed by atoms with Crippen LogP contribution in [0.3, 0.4) is 0 Å². The fraction of sp³-hybridized carbons (Fsp3) is 0.158. The minimum Gasteiger partial charge on any atom is -0.493 e. The number of fused-ring (bicyclic) bond motifs is 1. The molecule has 0 spiro atoms. The van der Waals surface area contributed by atoms with Crippen LogP contribution in [-0.2, 0) is 12.8 Å². The van der Waals surface area contributed by atoms with Crippen LogP contribution in [-0.4, -0.2) is 6.61 Å². The van der Waals surface area contributed by atoms with Gasteiger partial charge in [-0.25, -0.2) is 0 Å². The molecule has 0 unspecified atom stereocenters. The van der Waals surface area contributed by atoms with E-state index in [2.05, 4.69) is 138 Å². The van der Waals surface area contributed by atoms with Crippen LogP contribution in [0.25, 0.3) is 11.6 Å². The van der Waals surface area contributed by atoms with Gasteiger partial charge in [0.15, 0.2) is 0 Å². The summed E-state index contributed by atoms with van der Waals surface area (Å²) in [6.45, 7) is 2.65. The normalized spacial score (nSPS) is 12.3. The number of aryl methyl sites for hydroxylation is 2. The van der Waals surface area contributed by atoms with E-state index in [0.29, 0.717) is 6.61 Å². The van der Waals surface area contributed by atoms with Crippen molar-refractivity contribution in [3.63, 3.8) is 0 Å². The Kier molecular flexibility index (Phi) is 7.77. The second-order valence-electron chi connectivity index (χ2n) is 10.3. The second kappa shape index (κ2) is 12.1. The standard InChI is InChI=1S/C38H35NO/c1-2-40-38-28-36(25-23-33(38)27-37(30-15-6-3-7-16-30)31-17-8-4-9-18-31)39(34-20-10-5-11-21-34)35-24-22-29-14-12-13-19-32(29)26-35/h3-11,15-18,20-28H,2,12-14,19H2,1H3. The molecule has 0 saturated carbocycles. The van der Waals surface area contributed by atoms with Gasteiger partial charge in [0.25, 0.3) is 0 Å². The molecule has 40 heavy (non-hydrogen) atoms. The van der Waals surface area contributed by atoms with Gasteiger partial charge in [0.2, 0.25) is 0 Å². The number of benzene rings is 5. The third kappa shape index (κ3) is 5.58. The van der Waals surface area contributed by atoms with Gasteiger partial charge in [0.1, 0.15) is 5.75 Å². The quantitative estimate of drug-likeness (QED) is 0.188. The second-order valence-corrected chi connectivity index (χ2v) is 10.3. The first-order valence-corrected chi connectivity index (χ1v) is 14.4. The number of nitrogens with zero attached hydrogens (tertiary/aromatic N) is 1. The summed E-state index contributed by atoms with van der Waals surface area (Å²) in [5.41, 5.74) is 11.0. The van der Waals surface area contributed by atoms with Crippen LogP contribution in [0, 0.1) is 0 Å². The van der Waals surface area contributed by atoms with Gasteiger partial charge in [-0.05, 0) is 103 Å². The van der Waals surface area contributed by atoms with Crippen molar-refractivity contribution in [1.82, 2.24) is 0 Å². The molecule has 0 N–H and O–H groups in total. The Bertz CT molecular complexity index is 1550. The van der Waals surface area contributed by atoms with Crippen molar-refractivity contribution in [3.8, 4) is 5.75 Å². The number of rotatable bonds is 8. The van der Waals surface area contributed by atoms with Crippen molar-refractivity contribution in [2.24, 2.45) is 0 Å². The average Bonchev–Trinajstić information content (AvgIpc) is 3.02. The Labute approximate surface area is 238 Å². The smallest absolute Gasteiger partial charge is 0.128 e. The first-order chi connectivity index (χ1) is 19.8. The molecule has 2 heteroatoms. The van der Waals surface area contributed by atoms with E-state index in [1.165, 1.54) is 52.8 Å². The highest BCUT2D eigenvalue weighted by atomic mass is 16.5. The minimum absolute atomic E-state index is 0.598. The average molecular weight is 522 g/mol.